The van der Waals surface area contributed by atoms with Gasteiger partial charge in [0.2, 0.25) is 17.7 Å². The Kier molecular flexibility index (Phi) is 7.16. The topological polar surface area (TPSA) is 119 Å². The van der Waals surface area contributed by atoms with Crippen molar-refractivity contribution in [3.05, 3.63) is 53.2 Å². The molecule has 7 rings (SSSR count). The van der Waals surface area contributed by atoms with Gasteiger partial charge in [-0.25, -0.2) is 9.98 Å². The Morgan fingerprint density at radius 3 is 2.80 bits per heavy atom. The maximum absolute atomic E-state index is 13.9. The van der Waals surface area contributed by atoms with Crippen molar-refractivity contribution in [2.45, 2.75) is 102 Å². The van der Waals surface area contributed by atoms with E-state index in [1.807, 2.05) is 18.2 Å². The van der Waals surface area contributed by atoms with E-state index in [0.717, 1.165) is 49.0 Å². The third kappa shape index (κ3) is 5.38. The second kappa shape index (κ2) is 10.7. The lowest BCUT2D eigenvalue weighted by atomic mass is 9.82. The lowest BCUT2D eigenvalue weighted by molar-refractivity contribution is -0.133. The van der Waals surface area contributed by atoms with Gasteiger partial charge in [-0.1, -0.05) is 25.5 Å². The summed E-state index contributed by atoms with van der Waals surface area (Å²) < 4.78 is 12.3. The van der Waals surface area contributed by atoms with Gasteiger partial charge in [0, 0.05) is 36.1 Å². The predicted molar refractivity (Wildman–Crippen MR) is 156 cm³/mol. The molecule has 9 heteroatoms. The molecule has 4 atom stereocenters. The first-order valence-corrected chi connectivity index (χ1v) is 15.0. The van der Waals surface area contributed by atoms with Crippen molar-refractivity contribution in [2.24, 2.45) is 16.6 Å². The normalized spacial score (nSPS) is 29.5. The number of aryl methyl sites for hydroxylation is 1. The first-order valence-electron chi connectivity index (χ1n) is 15.0. The van der Waals surface area contributed by atoms with Crippen LogP contribution in [0.25, 0.3) is 0 Å². The van der Waals surface area contributed by atoms with Crippen LogP contribution in [0.3, 0.4) is 0 Å². The minimum absolute atomic E-state index is 0.0266. The van der Waals surface area contributed by atoms with Crippen LogP contribution in [0.2, 0.25) is 0 Å². The van der Waals surface area contributed by atoms with E-state index in [1.165, 1.54) is 5.56 Å². The Labute approximate surface area is 241 Å². The number of guanidine groups is 1. The van der Waals surface area contributed by atoms with Gasteiger partial charge in [0.15, 0.2) is 5.96 Å². The van der Waals surface area contributed by atoms with E-state index >= 15 is 0 Å². The summed E-state index contributed by atoms with van der Waals surface area (Å²) in [6.07, 6.45) is 7.88. The molecular weight excluding hydrogens is 518 g/mol. The summed E-state index contributed by atoms with van der Waals surface area (Å²) in [4.78, 5) is 38.4. The number of hydrogen-bond donors (Lipinski definition) is 2. The van der Waals surface area contributed by atoms with E-state index in [4.69, 9.17) is 20.2 Å². The van der Waals surface area contributed by atoms with E-state index in [9.17, 15) is 9.59 Å². The summed E-state index contributed by atoms with van der Waals surface area (Å²) in [6, 6.07) is 9.63. The van der Waals surface area contributed by atoms with Gasteiger partial charge in [-0.15, -0.1) is 0 Å². The van der Waals surface area contributed by atoms with E-state index in [-0.39, 0.29) is 35.3 Å². The molecule has 2 aromatic rings. The summed E-state index contributed by atoms with van der Waals surface area (Å²) in [5, 5.41) is 3.30. The summed E-state index contributed by atoms with van der Waals surface area (Å²) in [5.74, 6) is 1.40. The molecular formula is C32H41N5O4. The third-order valence-electron chi connectivity index (χ3n) is 9.25. The van der Waals surface area contributed by atoms with E-state index in [2.05, 4.69) is 43.2 Å². The molecule has 41 heavy (non-hydrogen) atoms. The molecule has 0 fully saturated rings. The molecule has 1 aromatic carbocycles. The zero-order valence-electron chi connectivity index (χ0n) is 24.3. The van der Waals surface area contributed by atoms with Crippen molar-refractivity contribution in [1.29, 1.82) is 0 Å². The molecule has 6 heterocycles. The highest BCUT2D eigenvalue weighted by Crippen LogP contribution is 2.44. The number of aliphatic imine (C=N–C) groups is 1. The quantitative estimate of drug-likeness (QED) is 0.520. The van der Waals surface area contributed by atoms with Crippen molar-refractivity contribution < 1.29 is 19.1 Å². The van der Waals surface area contributed by atoms with Gasteiger partial charge >= 0.3 is 0 Å². The van der Waals surface area contributed by atoms with Crippen LogP contribution in [0.4, 0.5) is 0 Å². The molecule has 5 aliphatic rings. The van der Waals surface area contributed by atoms with Crippen LogP contribution in [-0.2, 0) is 16.0 Å². The zero-order chi connectivity index (χ0) is 28.8. The molecule has 1 aromatic heterocycles. The molecule has 5 aliphatic heterocycles. The minimum atomic E-state index is -0.498. The Balaban J connectivity index is 1.37. The second-order valence-corrected chi connectivity index (χ2v) is 12.7. The van der Waals surface area contributed by atoms with E-state index in [1.54, 1.807) is 11.1 Å². The third-order valence-corrected chi connectivity index (χ3v) is 9.25. The number of pyridine rings is 1. The number of fused-ring (bicyclic) bond motifs is 8. The maximum atomic E-state index is 13.9. The van der Waals surface area contributed by atoms with Crippen LogP contribution in [0.5, 0.6) is 11.6 Å². The number of benzene rings is 1. The van der Waals surface area contributed by atoms with Crippen molar-refractivity contribution in [3.8, 4) is 11.6 Å². The van der Waals surface area contributed by atoms with Gasteiger partial charge in [0.05, 0.1) is 30.7 Å². The highest BCUT2D eigenvalue weighted by atomic mass is 16.5. The number of nitrogens with one attached hydrogen (secondary N) is 1. The average Bonchev–Trinajstić information content (AvgIpc) is 2.93. The van der Waals surface area contributed by atoms with E-state index < -0.39 is 11.6 Å². The fourth-order valence-electron chi connectivity index (χ4n) is 7.08. The fraction of sp³-hybridized carbons (Fsp3) is 0.562. The number of aromatic nitrogens is 1. The number of nitrogens with two attached hydrogens (primary N) is 1. The first kappa shape index (κ1) is 27.5. The number of carbonyl (C=O) groups excluding carboxylic acids is 2. The monoisotopic (exact) mass is 559 g/mol. The summed E-state index contributed by atoms with van der Waals surface area (Å²) in [6.45, 7) is 6.56. The largest absolute Gasteiger partial charge is 0.487 e. The molecule has 0 saturated heterocycles. The summed E-state index contributed by atoms with van der Waals surface area (Å²) >= 11 is 0. The fourth-order valence-corrected chi connectivity index (χ4v) is 7.08. The Morgan fingerprint density at radius 1 is 1.15 bits per heavy atom. The summed E-state index contributed by atoms with van der Waals surface area (Å²) in [7, 11) is 0. The summed E-state index contributed by atoms with van der Waals surface area (Å²) in [5.41, 5.74) is 8.83. The highest BCUT2D eigenvalue weighted by Gasteiger charge is 2.46. The SMILES string of the molecule is CC[C@@]12CCCCc3ccc4c(c3)[C@H](CC(C)(C)O4)NC(=O)CC[C@@H]3COc4ncccc4[C@H]3N(C(=O)C1)C(N)=N2. The number of hydrogen-bond acceptors (Lipinski definition) is 7. The molecule has 0 aliphatic carbocycles. The molecule has 9 nitrogen and oxygen atoms in total. The maximum Gasteiger partial charge on any atom is 0.232 e. The number of carbonyl (C=O) groups is 2. The smallest absolute Gasteiger partial charge is 0.232 e. The predicted octanol–water partition coefficient (Wildman–Crippen LogP) is 4.75. The van der Waals surface area contributed by atoms with Crippen molar-refractivity contribution in [1.82, 2.24) is 15.2 Å². The van der Waals surface area contributed by atoms with E-state index in [0.29, 0.717) is 38.2 Å². The van der Waals surface area contributed by atoms with Gasteiger partial charge in [0.25, 0.3) is 0 Å². The number of amides is 2. The molecule has 0 spiro atoms. The van der Waals surface area contributed by atoms with Crippen LogP contribution >= 0.6 is 0 Å². The van der Waals surface area contributed by atoms with Crippen LogP contribution in [0.1, 0.15) is 101 Å². The molecule has 0 radical (unpaired) electrons. The molecule has 2 amide bonds. The molecule has 0 unspecified atom stereocenters. The van der Waals surface area contributed by atoms with Crippen LogP contribution < -0.4 is 20.5 Å². The number of rotatable bonds is 1. The van der Waals surface area contributed by atoms with Crippen molar-refractivity contribution in [3.63, 3.8) is 0 Å². The molecule has 3 N–H and O–H groups in total. The van der Waals surface area contributed by atoms with Crippen LogP contribution in [-0.4, -0.2) is 45.4 Å². The van der Waals surface area contributed by atoms with Gasteiger partial charge in [-0.05, 0) is 69.7 Å². The first-order chi connectivity index (χ1) is 19.7. The lowest BCUT2D eigenvalue weighted by Crippen LogP contribution is -2.55. The van der Waals surface area contributed by atoms with Gasteiger partial charge in [-0.3, -0.25) is 14.5 Å². The molecule has 218 valence electrons. The zero-order valence-corrected chi connectivity index (χ0v) is 24.3. The van der Waals surface area contributed by atoms with Crippen molar-refractivity contribution >= 4 is 17.8 Å². The Hall–Kier alpha value is -3.62. The molecule has 4 bridgehead atoms. The average molecular weight is 560 g/mol. The molecule has 0 saturated carbocycles. The Morgan fingerprint density at radius 2 is 2.00 bits per heavy atom. The van der Waals surface area contributed by atoms with Crippen LogP contribution in [0.15, 0.2) is 41.5 Å². The second-order valence-electron chi connectivity index (χ2n) is 12.7. The van der Waals surface area contributed by atoms with Crippen molar-refractivity contribution in [2.75, 3.05) is 6.61 Å². The van der Waals surface area contributed by atoms with Gasteiger partial charge in [-0.2, -0.15) is 0 Å². The van der Waals surface area contributed by atoms with Gasteiger partial charge < -0.3 is 20.5 Å². The number of nitrogens with zero attached hydrogens (tertiary/aromatic N) is 3. The Bertz CT molecular complexity index is 1370. The number of ether oxygens (including phenoxy) is 2. The minimum Gasteiger partial charge on any atom is -0.487 e. The van der Waals surface area contributed by atoms with Gasteiger partial charge in [0.1, 0.15) is 11.4 Å². The lowest BCUT2D eigenvalue weighted by Gasteiger charge is -2.44. The van der Waals surface area contributed by atoms with Crippen LogP contribution in [0, 0.1) is 5.92 Å². The standard InChI is InChI=1S/C32H41N5O4/c1-4-32-14-6-5-8-20-10-12-25-23(16-20)24(17-31(2,3)41-25)35-26(38)13-11-21-19-40-29-22(9-7-15-34-29)28(21)37(27(39)18-32)30(33)36-32/h7,9-10,12,15-16,21,24,28H,4-6,8,11,13-14,17-19H2,1-3H3,(H2,33,36)(H,35,38)/t21-,24+,28+,32-/m1/s1. The highest BCUT2D eigenvalue weighted by molar-refractivity contribution is 5.99.